The fraction of sp³-hybridized carbons (Fsp3) is 1.00. The summed E-state index contributed by atoms with van der Waals surface area (Å²) in [4.78, 5) is 5.29. The highest BCUT2D eigenvalue weighted by atomic mass is 16.5. The van der Waals surface area contributed by atoms with E-state index in [-0.39, 0.29) is 0 Å². The number of hydrogen-bond acceptors (Lipinski definition) is 4. The van der Waals surface area contributed by atoms with Crippen LogP contribution in [0.25, 0.3) is 0 Å². The van der Waals surface area contributed by atoms with Crippen LogP contribution in [0.1, 0.15) is 40.0 Å². The Morgan fingerprint density at radius 3 is 2.50 bits per heavy atom. The number of ether oxygens (including phenoxy) is 1. The fourth-order valence-corrected chi connectivity index (χ4v) is 3.45. The van der Waals surface area contributed by atoms with Crippen molar-refractivity contribution in [2.24, 2.45) is 0 Å². The van der Waals surface area contributed by atoms with Gasteiger partial charge in [-0.05, 0) is 26.2 Å². The Balaban J connectivity index is 1.71. The molecular weight excluding hydrogens is 250 g/mol. The number of morpholine rings is 1. The summed E-state index contributed by atoms with van der Waals surface area (Å²) < 4.78 is 5.46. The highest BCUT2D eigenvalue weighted by molar-refractivity contribution is 4.87. The Hall–Kier alpha value is -0.160. The maximum Gasteiger partial charge on any atom is 0.0594 e. The van der Waals surface area contributed by atoms with Gasteiger partial charge < -0.3 is 10.1 Å². The van der Waals surface area contributed by atoms with Gasteiger partial charge in [0.05, 0.1) is 13.2 Å². The average Bonchev–Trinajstić information content (AvgIpc) is 2.99. The lowest BCUT2D eigenvalue weighted by Gasteiger charge is -2.33. The molecule has 0 radical (unpaired) electrons. The zero-order chi connectivity index (χ0) is 14.4. The number of nitrogens with one attached hydrogen (secondary N) is 1. The molecule has 2 aliphatic rings. The third kappa shape index (κ3) is 4.42. The molecule has 0 spiro atoms. The number of hydrogen-bond donors (Lipinski definition) is 1. The van der Waals surface area contributed by atoms with Gasteiger partial charge in [0.2, 0.25) is 0 Å². The summed E-state index contributed by atoms with van der Waals surface area (Å²) >= 11 is 0. The third-order valence-electron chi connectivity index (χ3n) is 5.07. The van der Waals surface area contributed by atoms with Crippen LogP contribution >= 0.6 is 0 Å². The molecule has 2 unspecified atom stereocenters. The first kappa shape index (κ1) is 16.2. The Bertz CT molecular complexity index is 264. The van der Waals surface area contributed by atoms with Crippen LogP contribution in [0.3, 0.4) is 0 Å². The standard InChI is InChI=1S/C16H33N3O/c1-4-15(5-2)17-12-14(3)19-7-6-16(13-19)18-8-10-20-11-9-18/h14-17H,4-13H2,1-3H3. The van der Waals surface area contributed by atoms with Gasteiger partial charge in [-0.3, -0.25) is 9.80 Å². The van der Waals surface area contributed by atoms with Crippen LogP contribution in [0.15, 0.2) is 0 Å². The lowest BCUT2D eigenvalue weighted by molar-refractivity contribution is 0.0177. The van der Waals surface area contributed by atoms with Crippen molar-refractivity contribution < 1.29 is 4.74 Å². The first-order chi connectivity index (χ1) is 9.74. The van der Waals surface area contributed by atoms with Crippen molar-refractivity contribution >= 4 is 0 Å². The number of rotatable bonds is 7. The molecule has 0 aromatic heterocycles. The summed E-state index contributed by atoms with van der Waals surface area (Å²) in [7, 11) is 0. The van der Waals surface area contributed by atoms with Gasteiger partial charge in [0.25, 0.3) is 0 Å². The first-order valence-electron chi connectivity index (χ1n) is 8.53. The molecule has 0 aliphatic carbocycles. The van der Waals surface area contributed by atoms with Crippen LogP contribution in [0, 0.1) is 0 Å². The molecule has 2 heterocycles. The summed E-state index contributed by atoms with van der Waals surface area (Å²) in [5.74, 6) is 0. The maximum atomic E-state index is 5.46. The largest absolute Gasteiger partial charge is 0.379 e. The molecule has 20 heavy (non-hydrogen) atoms. The second-order valence-electron chi connectivity index (χ2n) is 6.36. The van der Waals surface area contributed by atoms with E-state index in [1.54, 1.807) is 0 Å². The Morgan fingerprint density at radius 1 is 1.15 bits per heavy atom. The van der Waals surface area contributed by atoms with Crippen molar-refractivity contribution in [2.75, 3.05) is 45.9 Å². The van der Waals surface area contributed by atoms with E-state index < -0.39 is 0 Å². The van der Waals surface area contributed by atoms with Gasteiger partial charge in [-0.25, -0.2) is 0 Å². The predicted octanol–water partition coefficient (Wildman–Crippen LogP) is 1.56. The monoisotopic (exact) mass is 283 g/mol. The van der Waals surface area contributed by atoms with Crippen molar-refractivity contribution in [1.82, 2.24) is 15.1 Å². The van der Waals surface area contributed by atoms with E-state index in [0.717, 1.165) is 38.9 Å². The van der Waals surface area contributed by atoms with Gasteiger partial charge in [-0.15, -0.1) is 0 Å². The molecular formula is C16H33N3O. The molecule has 4 heteroatoms. The normalized spacial score (nSPS) is 27.3. The molecule has 2 rings (SSSR count). The fourth-order valence-electron chi connectivity index (χ4n) is 3.45. The van der Waals surface area contributed by atoms with E-state index in [9.17, 15) is 0 Å². The second kappa shape index (κ2) is 8.32. The molecule has 2 saturated heterocycles. The number of nitrogens with zero attached hydrogens (tertiary/aromatic N) is 2. The van der Waals surface area contributed by atoms with Crippen molar-refractivity contribution in [1.29, 1.82) is 0 Å². The van der Waals surface area contributed by atoms with E-state index in [2.05, 4.69) is 35.9 Å². The van der Waals surface area contributed by atoms with Gasteiger partial charge in [-0.2, -0.15) is 0 Å². The molecule has 2 fully saturated rings. The highest BCUT2D eigenvalue weighted by Gasteiger charge is 2.30. The van der Waals surface area contributed by atoms with E-state index in [0.29, 0.717) is 12.1 Å². The first-order valence-corrected chi connectivity index (χ1v) is 8.53. The predicted molar refractivity (Wildman–Crippen MR) is 84.2 cm³/mol. The summed E-state index contributed by atoms with van der Waals surface area (Å²) in [6.45, 7) is 14.6. The summed E-state index contributed by atoms with van der Waals surface area (Å²) in [5.41, 5.74) is 0. The van der Waals surface area contributed by atoms with Crippen LogP contribution in [-0.4, -0.2) is 73.9 Å². The minimum absolute atomic E-state index is 0.654. The van der Waals surface area contributed by atoms with Crippen LogP contribution < -0.4 is 5.32 Å². The van der Waals surface area contributed by atoms with Crippen molar-refractivity contribution in [3.05, 3.63) is 0 Å². The Labute approximate surface area is 124 Å². The molecule has 0 aromatic rings. The van der Waals surface area contributed by atoms with E-state index in [4.69, 9.17) is 4.74 Å². The van der Waals surface area contributed by atoms with Crippen molar-refractivity contribution in [2.45, 2.75) is 58.2 Å². The minimum atomic E-state index is 0.654. The SMILES string of the molecule is CCC(CC)NCC(C)N1CCC(N2CCOCC2)C1. The maximum absolute atomic E-state index is 5.46. The molecule has 4 nitrogen and oxygen atoms in total. The van der Waals surface area contributed by atoms with Gasteiger partial charge >= 0.3 is 0 Å². The van der Waals surface area contributed by atoms with Gasteiger partial charge in [0, 0.05) is 50.8 Å². The van der Waals surface area contributed by atoms with Gasteiger partial charge in [-0.1, -0.05) is 13.8 Å². The van der Waals surface area contributed by atoms with Crippen molar-refractivity contribution in [3.63, 3.8) is 0 Å². The topological polar surface area (TPSA) is 27.7 Å². The van der Waals surface area contributed by atoms with Crippen LogP contribution in [-0.2, 0) is 4.74 Å². The van der Waals surface area contributed by atoms with Crippen LogP contribution in [0.2, 0.25) is 0 Å². The smallest absolute Gasteiger partial charge is 0.0594 e. The van der Waals surface area contributed by atoms with Gasteiger partial charge in [0.1, 0.15) is 0 Å². The third-order valence-corrected chi connectivity index (χ3v) is 5.07. The van der Waals surface area contributed by atoms with E-state index in [1.165, 1.54) is 32.4 Å². The van der Waals surface area contributed by atoms with Crippen LogP contribution in [0.4, 0.5) is 0 Å². The molecule has 0 saturated carbocycles. The van der Waals surface area contributed by atoms with Gasteiger partial charge in [0.15, 0.2) is 0 Å². The zero-order valence-corrected chi connectivity index (χ0v) is 13.6. The van der Waals surface area contributed by atoms with E-state index >= 15 is 0 Å². The summed E-state index contributed by atoms with van der Waals surface area (Å²) in [6.07, 6.45) is 3.80. The lowest BCUT2D eigenvalue weighted by atomic mass is 10.1. The quantitative estimate of drug-likeness (QED) is 0.767. The Morgan fingerprint density at radius 2 is 1.85 bits per heavy atom. The molecule has 0 amide bonds. The molecule has 1 N–H and O–H groups in total. The molecule has 2 aliphatic heterocycles. The summed E-state index contributed by atoms with van der Waals surface area (Å²) in [6, 6.07) is 2.10. The lowest BCUT2D eigenvalue weighted by Crippen LogP contribution is -2.47. The minimum Gasteiger partial charge on any atom is -0.379 e. The zero-order valence-electron chi connectivity index (χ0n) is 13.6. The number of likely N-dealkylation sites (tertiary alicyclic amines) is 1. The summed E-state index contributed by atoms with van der Waals surface area (Å²) in [5, 5.41) is 3.71. The van der Waals surface area contributed by atoms with Crippen LogP contribution in [0.5, 0.6) is 0 Å². The van der Waals surface area contributed by atoms with E-state index in [1.807, 2.05) is 0 Å². The molecule has 0 bridgehead atoms. The van der Waals surface area contributed by atoms with Crippen molar-refractivity contribution in [3.8, 4) is 0 Å². The molecule has 0 aromatic carbocycles. The highest BCUT2D eigenvalue weighted by Crippen LogP contribution is 2.18. The Kier molecular flexibility index (Phi) is 6.75. The average molecular weight is 283 g/mol. The molecule has 2 atom stereocenters. The molecule has 118 valence electrons. The second-order valence-corrected chi connectivity index (χ2v) is 6.36.